The Hall–Kier alpha value is -0.981. The van der Waals surface area contributed by atoms with Crippen LogP contribution in [0.3, 0.4) is 0 Å². The Labute approximate surface area is 141 Å². The van der Waals surface area contributed by atoms with Crippen LogP contribution in [0.5, 0.6) is 0 Å². The summed E-state index contributed by atoms with van der Waals surface area (Å²) >= 11 is 13.1. The number of hydrogen-bond acceptors (Lipinski definition) is 0. The molecule has 0 atom stereocenters. The Balaban J connectivity index is 2.29. The van der Waals surface area contributed by atoms with Crippen molar-refractivity contribution in [3.63, 3.8) is 0 Å². The van der Waals surface area contributed by atoms with E-state index in [0.717, 1.165) is 20.8 Å². The maximum atomic E-state index is 6.70. The fourth-order valence-electron chi connectivity index (χ4n) is 2.41. The van der Waals surface area contributed by atoms with Crippen LogP contribution in [0.2, 0.25) is 15.4 Å². The van der Waals surface area contributed by atoms with E-state index in [2.05, 4.69) is 43.3 Å². The number of fused-ring (bicyclic) bond motifs is 1. The Morgan fingerprint density at radius 3 is 2.38 bits per heavy atom. The van der Waals surface area contributed by atoms with Crippen LogP contribution in [0, 0.1) is 0 Å². The normalized spacial score (nSPS) is 11.0. The van der Waals surface area contributed by atoms with Gasteiger partial charge in [0.05, 0.1) is 0 Å². The van der Waals surface area contributed by atoms with Crippen LogP contribution < -0.4 is 4.46 Å². The van der Waals surface area contributed by atoms with Crippen LogP contribution in [0.25, 0.3) is 21.9 Å². The Bertz CT molecular complexity index is 779. The summed E-state index contributed by atoms with van der Waals surface area (Å²) in [5.41, 5.74) is 2.41. The Morgan fingerprint density at radius 1 is 0.952 bits per heavy atom. The first kappa shape index (κ1) is 14.9. The van der Waals surface area contributed by atoms with Crippen LogP contribution in [0.4, 0.5) is 0 Å². The fraction of sp³-hybridized carbons (Fsp3) is 0.111. The second-order valence-corrected chi connectivity index (χ2v) is 8.22. The average Bonchev–Trinajstić information content (AvgIpc) is 2.51. The summed E-state index contributed by atoms with van der Waals surface area (Å²) in [6.07, 6.45) is 0. The number of hydrogen-bond donors (Lipinski definition) is 0. The standard InChI is InChI=1S/C18H14Cl2Se/c1-2-21-18-16(12-7-9-14(19)10-8-12)11-13-5-3-4-6-15(13)17(18)20/h3-11H,2H2,1H3. The molecule has 0 heterocycles. The van der Waals surface area contributed by atoms with Gasteiger partial charge in [0, 0.05) is 0 Å². The van der Waals surface area contributed by atoms with Gasteiger partial charge in [0.25, 0.3) is 0 Å². The van der Waals surface area contributed by atoms with Crippen LogP contribution in [0.1, 0.15) is 6.92 Å². The van der Waals surface area contributed by atoms with Crippen LogP contribution >= 0.6 is 23.2 Å². The van der Waals surface area contributed by atoms with E-state index in [1.165, 1.54) is 21.0 Å². The van der Waals surface area contributed by atoms with Crippen molar-refractivity contribution < 1.29 is 0 Å². The molecule has 0 nitrogen and oxygen atoms in total. The van der Waals surface area contributed by atoms with Gasteiger partial charge in [-0.15, -0.1) is 0 Å². The molecule has 0 aliphatic carbocycles. The molecule has 0 N–H and O–H groups in total. The van der Waals surface area contributed by atoms with Gasteiger partial charge in [-0.3, -0.25) is 0 Å². The van der Waals surface area contributed by atoms with Crippen LogP contribution in [0.15, 0.2) is 54.6 Å². The Morgan fingerprint density at radius 2 is 1.67 bits per heavy atom. The first-order valence-electron chi connectivity index (χ1n) is 6.80. The summed E-state index contributed by atoms with van der Waals surface area (Å²) in [7, 11) is 0. The van der Waals surface area contributed by atoms with Gasteiger partial charge in [-0.25, -0.2) is 0 Å². The molecule has 0 saturated carbocycles. The topological polar surface area (TPSA) is 0 Å². The van der Waals surface area contributed by atoms with Crippen molar-refractivity contribution in [3.05, 3.63) is 64.6 Å². The third kappa shape index (κ3) is 2.98. The number of benzene rings is 3. The van der Waals surface area contributed by atoms with E-state index in [1.54, 1.807) is 0 Å². The minimum atomic E-state index is 0.371. The summed E-state index contributed by atoms with van der Waals surface area (Å²) in [6, 6.07) is 18.5. The molecule has 0 aliphatic heterocycles. The van der Waals surface area contributed by atoms with E-state index in [0.29, 0.717) is 15.0 Å². The molecule has 0 fully saturated rings. The van der Waals surface area contributed by atoms with Crippen molar-refractivity contribution in [2.24, 2.45) is 0 Å². The summed E-state index contributed by atoms with van der Waals surface area (Å²) in [4.78, 5) is 0. The molecule has 106 valence electrons. The van der Waals surface area contributed by atoms with E-state index in [9.17, 15) is 0 Å². The van der Waals surface area contributed by atoms with E-state index in [-0.39, 0.29) is 0 Å². The quantitative estimate of drug-likeness (QED) is 0.521. The molecular weight excluding hydrogens is 366 g/mol. The Kier molecular flexibility index (Phi) is 4.56. The van der Waals surface area contributed by atoms with E-state index >= 15 is 0 Å². The van der Waals surface area contributed by atoms with Crippen LogP contribution in [-0.2, 0) is 0 Å². The van der Waals surface area contributed by atoms with Crippen molar-refractivity contribution in [1.82, 2.24) is 0 Å². The zero-order chi connectivity index (χ0) is 14.8. The van der Waals surface area contributed by atoms with E-state index in [4.69, 9.17) is 23.2 Å². The van der Waals surface area contributed by atoms with Gasteiger partial charge in [-0.05, 0) is 0 Å². The zero-order valence-corrected chi connectivity index (χ0v) is 14.8. The van der Waals surface area contributed by atoms with Crippen molar-refractivity contribution >= 4 is 53.4 Å². The molecule has 0 saturated heterocycles. The summed E-state index contributed by atoms with van der Waals surface area (Å²) in [5, 5.41) is 5.12. The monoisotopic (exact) mass is 380 g/mol. The van der Waals surface area contributed by atoms with Crippen molar-refractivity contribution in [2.75, 3.05) is 0 Å². The molecule has 3 aromatic rings. The zero-order valence-electron chi connectivity index (χ0n) is 11.6. The van der Waals surface area contributed by atoms with E-state index in [1.807, 2.05) is 18.2 Å². The average molecular weight is 380 g/mol. The molecule has 0 aliphatic rings. The molecule has 0 unspecified atom stereocenters. The number of rotatable bonds is 3. The fourth-order valence-corrected chi connectivity index (χ4v) is 4.90. The first-order chi connectivity index (χ1) is 10.2. The molecule has 0 amide bonds. The molecule has 3 aromatic carbocycles. The second-order valence-electron chi connectivity index (χ2n) is 4.73. The number of halogens is 2. The van der Waals surface area contributed by atoms with Crippen molar-refractivity contribution in [2.45, 2.75) is 12.2 Å². The van der Waals surface area contributed by atoms with Crippen molar-refractivity contribution in [3.8, 4) is 11.1 Å². The van der Waals surface area contributed by atoms with E-state index < -0.39 is 0 Å². The molecule has 3 rings (SSSR count). The van der Waals surface area contributed by atoms with Gasteiger partial charge in [0.1, 0.15) is 0 Å². The van der Waals surface area contributed by atoms with Gasteiger partial charge in [0.15, 0.2) is 0 Å². The van der Waals surface area contributed by atoms with Gasteiger partial charge in [-0.1, -0.05) is 0 Å². The molecule has 3 heteroatoms. The van der Waals surface area contributed by atoms with Gasteiger partial charge in [0.2, 0.25) is 0 Å². The van der Waals surface area contributed by atoms with Crippen molar-refractivity contribution in [1.29, 1.82) is 0 Å². The third-order valence-electron chi connectivity index (χ3n) is 3.38. The molecule has 0 aromatic heterocycles. The van der Waals surface area contributed by atoms with Gasteiger partial charge >= 0.3 is 141 Å². The first-order valence-corrected chi connectivity index (χ1v) is 9.63. The maximum absolute atomic E-state index is 6.70. The van der Waals surface area contributed by atoms with Gasteiger partial charge < -0.3 is 0 Å². The molecule has 21 heavy (non-hydrogen) atoms. The SMILES string of the molecule is CC[Se]c1c(-c2ccc(Cl)cc2)cc2ccccc2c1Cl. The summed E-state index contributed by atoms with van der Waals surface area (Å²) < 4.78 is 1.28. The molecular formula is C18H14Cl2Se. The summed E-state index contributed by atoms with van der Waals surface area (Å²) in [6.45, 7) is 2.21. The molecule has 0 radical (unpaired) electrons. The summed E-state index contributed by atoms with van der Waals surface area (Å²) in [5.74, 6) is 0. The van der Waals surface area contributed by atoms with Crippen LogP contribution in [-0.4, -0.2) is 15.0 Å². The molecule has 0 spiro atoms. The third-order valence-corrected chi connectivity index (χ3v) is 6.38. The second kappa shape index (κ2) is 6.42. The van der Waals surface area contributed by atoms with Gasteiger partial charge in [-0.2, -0.15) is 0 Å². The predicted octanol–water partition coefficient (Wildman–Crippen LogP) is 5.58. The molecule has 0 bridgehead atoms. The predicted molar refractivity (Wildman–Crippen MR) is 95.3 cm³/mol. The minimum absolute atomic E-state index is 0.371.